The number of carboxylic acid groups (broad SMARTS) is 1. The Morgan fingerprint density at radius 3 is 2.53 bits per heavy atom. The predicted molar refractivity (Wildman–Crippen MR) is 77.4 cm³/mol. The smallest absolute Gasteiger partial charge is 0.307 e. The predicted octanol–water partition coefficient (Wildman–Crippen LogP) is 3.23. The van der Waals surface area contributed by atoms with Crippen LogP contribution < -0.4 is 5.32 Å². The third kappa shape index (κ3) is 4.19. The van der Waals surface area contributed by atoms with E-state index in [2.05, 4.69) is 29.8 Å². The quantitative estimate of drug-likeness (QED) is 0.851. The summed E-state index contributed by atoms with van der Waals surface area (Å²) in [6, 6.07) is 12.2. The Morgan fingerprint density at radius 2 is 1.95 bits per heavy atom. The minimum atomic E-state index is -0.794. The maximum absolute atomic E-state index is 10.6. The minimum absolute atomic E-state index is 0.0826. The minimum Gasteiger partial charge on any atom is -0.481 e. The summed E-state index contributed by atoms with van der Waals surface area (Å²) >= 11 is 1.75. The van der Waals surface area contributed by atoms with Gasteiger partial charge in [0, 0.05) is 17.5 Å². The molecule has 0 amide bonds. The Balaban J connectivity index is 1.88. The monoisotopic (exact) mass is 275 g/mol. The summed E-state index contributed by atoms with van der Waals surface area (Å²) in [5, 5.41) is 14.2. The summed E-state index contributed by atoms with van der Waals surface area (Å²) in [4.78, 5) is 11.9. The van der Waals surface area contributed by atoms with Gasteiger partial charge in [-0.1, -0.05) is 30.3 Å². The largest absolute Gasteiger partial charge is 0.481 e. The van der Waals surface area contributed by atoms with Crippen molar-refractivity contribution in [1.82, 2.24) is 5.32 Å². The van der Waals surface area contributed by atoms with E-state index >= 15 is 0 Å². The normalized spacial score (nSPS) is 12.3. The van der Waals surface area contributed by atoms with Gasteiger partial charge in [0.25, 0.3) is 0 Å². The van der Waals surface area contributed by atoms with Gasteiger partial charge in [-0.15, -0.1) is 11.3 Å². The first-order valence-electron chi connectivity index (χ1n) is 6.21. The Bertz CT molecular complexity index is 520. The van der Waals surface area contributed by atoms with Gasteiger partial charge in [-0.25, -0.2) is 0 Å². The van der Waals surface area contributed by atoms with Crippen molar-refractivity contribution >= 4 is 17.3 Å². The third-order valence-electron chi connectivity index (χ3n) is 2.96. The Labute approximate surface area is 116 Å². The first kappa shape index (κ1) is 13.8. The fourth-order valence-corrected chi connectivity index (χ4v) is 2.62. The number of thiophene rings is 1. The lowest BCUT2D eigenvalue weighted by atomic mass is 10.1. The fraction of sp³-hybridized carbons (Fsp3) is 0.267. The third-order valence-corrected chi connectivity index (χ3v) is 4.02. The van der Waals surface area contributed by atoms with Crippen molar-refractivity contribution in [3.05, 3.63) is 57.8 Å². The number of carbonyl (C=O) groups is 1. The molecule has 2 N–H and O–H groups in total. The Morgan fingerprint density at radius 1 is 1.26 bits per heavy atom. The highest BCUT2D eigenvalue weighted by Crippen LogP contribution is 2.18. The van der Waals surface area contributed by atoms with Gasteiger partial charge >= 0.3 is 5.97 Å². The lowest BCUT2D eigenvalue weighted by Crippen LogP contribution is -2.17. The summed E-state index contributed by atoms with van der Waals surface area (Å²) in [6.45, 7) is 2.93. The zero-order valence-electron chi connectivity index (χ0n) is 10.8. The van der Waals surface area contributed by atoms with Crippen molar-refractivity contribution in [3.8, 4) is 0 Å². The zero-order valence-corrected chi connectivity index (χ0v) is 11.6. The first-order chi connectivity index (χ1) is 9.15. The highest BCUT2D eigenvalue weighted by Gasteiger charge is 2.05. The second-order valence-corrected chi connectivity index (χ2v) is 5.48. The molecule has 0 fully saturated rings. The average molecular weight is 275 g/mol. The lowest BCUT2D eigenvalue weighted by Gasteiger charge is -2.12. The highest BCUT2D eigenvalue weighted by molar-refractivity contribution is 7.10. The molecule has 0 unspecified atom stereocenters. The molecule has 1 atom stereocenters. The molecule has 4 heteroatoms. The van der Waals surface area contributed by atoms with Crippen molar-refractivity contribution in [1.29, 1.82) is 0 Å². The summed E-state index contributed by atoms with van der Waals surface area (Å²) < 4.78 is 0. The molecular formula is C15H17NO2S. The van der Waals surface area contributed by atoms with Crippen LogP contribution in [0, 0.1) is 0 Å². The number of aliphatic carboxylic acids is 1. The molecule has 0 radical (unpaired) electrons. The molecule has 1 aromatic carbocycles. The maximum Gasteiger partial charge on any atom is 0.307 e. The van der Waals surface area contributed by atoms with Gasteiger partial charge in [0.2, 0.25) is 0 Å². The van der Waals surface area contributed by atoms with Crippen LogP contribution in [0.3, 0.4) is 0 Å². The molecule has 2 rings (SSSR count). The number of hydrogen-bond acceptors (Lipinski definition) is 3. The zero-order chi connectivity index (χ0) is 13.7. The fourth-order valence-electron chi connectivity index (χ4n) is 1.86. The number of hydrogen-bond donors (Lipinski definition) is 2. The van der Waals surface area contributed by atoms with E-state index in [0.717, 1.165) is 17.7 Å². The first-order valence-corrected chi connectivity index (χ1v) is 7.09. The molecule has 0 aliphatic heterocycles. The number of carboxylic acids is 1. The van der Waals surface area contributed by atoms with Crippen LogP contribution >= 0.6 is 11.3 Å². The van der Waals surface area contributed by atoms with Crippen LogP contribution in [0.4, 0.5) is 0 Å². The summed E-state index contributed by atoms with van der Waals surface area (Å²) in [6.07, 6.45) is 0.0826. The van der Waals surface area contributed by atoms with Crippen LogP contribution in [0.15, 0.2) is 41.8 Å². The van der Waals surface area contributed by atoms with E-state index in [1.165, 1.54) is 4.88 Å². The van der Waals surface area contributed by atoms with Crippen molar-refractivity contribution in [2.45, 2.75) is 25.9 Å². The van der Waals surface area contributed by atoms with E-state index in [9.17, 15) is 4.79 Å². The molecule has 0 spiro atoms. The van der Waals surface area contributed by atoms with Gasteiger partial charge < -0.3 is 10.4 Å². The van der Waals surface area contributed by atoms with Gasteiger partial charge in [-0.3, -0.25) is 4.79 Å². The molecule has 1 heterocycles. The molecule has 19 heavy (non-hydrogen) atoms. The van der Waals surface area contributed by atoms with Crippen molar-refractivity contribution in [3.63, 3.8) is 0 Å². The molecule has 1 aromatic heterocycles. The van der Waals surface area contributed by atoms with Crippen LogP contribution in [0.5, 0.6) is 0 Å². The molecular weight excluding hydrogens is 258 g/mol. The topological polar surface area (TPSA) is 49.3 Å². The van der Waals surface area contributed by atoms with Crippen molar-refractivity contribution in [2.75, 3.05) is 0 Å². The second kappa shape index (κ2) is 6.50. The van der Waals surface area contributed by atoms with Gasteiger partial charge in [0.05, 0.1) is 6.42 Å². The molecule has 2 aromatic rings. The van der Waals surface area contributed by atoms with Gasteiger partial charge in [-0.05, 0) is 29.5 Å². The van der Waals surface area contributed by atoms with Crippen molar-refractivity contribution in [2.24, 2.45) is 0 Å². The highest BCUT2D eigenvalue weighted by atomic mass is 32.1. The summed E-state index contributed by atoms with van der Waals surface area (Å²) in [5.74, 6) is -0.794. The van der Waals surface area contributed by atoms with Crippen LogP contribution in [0.2, 0.25) is 0 Å². The molecule has 100 valence electrons. The van der Waals surface area contributed by atoms with Gasteiger partial charge in [0.1, 0.15) is 0 Å². The molecule has 3 nitrogen and oxygen atoms in total. The molecule has 0 saturated carbocycles. The van der Waals surface area contributed by atoms with E-state index in [1.807, 2.05) is 24.3 Å². The van der Waals surface area contributed by atoms with Crippen LogP contribution in [0.25, 0.3) is 0 Å². The van der Waals surface area contributed by atoms with E-state index in [-0.39, 0.29) is 6.42 Å². The Kier molecular flexibility index (Phi) is 4.71. The van der Waals surface area contributed by atoms with Crippen LogP contribution in [0.1, 0.15) is 29.0 Å². The lowest BCUT2D eigenvalue weighted by molar-refractivity contribution is -0.136. The number of nitrogens with one attached hydrogen (secondary N) is 1. The van der Waals surface area contributed by atoms with Crippen molar-refractivity contribution < 1.29 is 9.90 Å². The SMILES string of the molecule is C[C@@H](NCc1ccc(CC(=O)O)cc1)c1cccs1. The van der Waals surface area contributed by atoms with Crippen LogP contribution in [-0.4, -0.2) is 11.1 Å². The van der Waals surface area contributed by atoms with E-state index in [4.69, 9.17) is 5.11 Å². The maximum atomic E-state index is 10.6. The number of rotatable bonds is 6. The van der Waals surface area contributed by atoms with E-state index in [1.54, 1.807) is 11.3 Å². The molecule has 0 aliphatic rings. The van der Waals surface area contributed by atoms with E-state index < -0.39 is 5.97 Å². The average Bonchev–Trinajstić information content (AvgIpc) is 2.91. The molecule has 0 saturated heterocycles. The van der Waals surface area contributed by atoms with E-state index in [0.29, 0.717) is 6.04 Å². The molecule has 0 aliphatic carbocycles. The summed E-state index contributed by atoms with van der Waals surface area (Å²) in [7, 11) is 0. The van der Waals surface area contributed by atoms with Gasteiger partial charge in [0.15, 0.2) is 0 Å². The standard InChI is InChI=1S/C15H17NO2S/c1-11(14-3-2-8-19-14)16-10-13-6-4-12(5-7-13)9-15(17)18/h2-8,11,16H,9-10H2,1H3,(H,17,18)/t11-/m1/s1. The van der Waals surface area contributed by atoms with Crippen LogP contribution in [-0.2, 0) is 17.8 Å². The Hall–Kier alpha value is -1.65. The number of benzene rings is 1. The van der Waals surface area contributed by atoms with Gasteiger partial charge in [-0.2, -0.15) is 0 Å². The molecule has 0 bridgehead atoms. The summed E-state index contributed by atoms with van der Waals surface area (Å²) in [5.41, 5.74) is 2.00. The second-order valence-electron chi connectivity index (χ2n) is 4.51.